The minimum Gasteiger partial charge on any atom is -0.480 e. The zero-order valence-electron chi connectivity index (χ0n) is 12.8. The first kappa shape index (κ1) is 16.5. The van der Waals surface area contributed by atoms with Crippen LogP contribution in [0.4, 0.5) is 0 Å². The largest absolute Gasteiger partial charge is 0.480 e. The zero-order chi connectivity index (χ0) is 16.4. The Morgan fingerprint density at radius 2 is 1.87 bits per heavy atom. The van der Waals surface area contributed by atoms with E-state index in [1.165, 1.54) is 0 Å². The summed E-state index contributed by atoms with van der Waals surface area (Å²) in [5.41, 5.74) is 1.15. The van der Waals surface area contributed by atoms with Gasteiger partial charge in [-0.15, -0.1) is 0 Å². The van der Waals surface area contributed by atoms with Crippen molar-refractivity contribution in [3.8, 4) is 0 Å². The van der Waals surface area contributed by atoms with E-state index in [1.54, 1.807) is 4.90 Å². The number of hydrogen-bond acceptors (Lipinski definition) is 3. The molecule has 1 saturated heterocycles. The molecule has 0 unspecified atom stereocenters. The number of aliphatic carboxylic acids is 1. The Morgan fingerprint density at radius 1 is 1.22 bits per heavy atom. The lowest BCUT2D eigenvalue weighted by molar-refractivity contribution is -0.148. The highest BCUT2D eigenvalue weighted by atomic mass is 79.9. The van der Waals surface area contributed by atoms with Gasteiger partial charge in [-0.25, -0.2) is 0 Å². The molecule has 0 spiro atoms. The molecule has 2 aliphatic rings. The normalized spacial score (nSPS) is 24.2. The van der Waals surface area contributed by atoms with E-state index in [1.807, 2.05) is 24.3 Å². The molecule has 2 fully saturated rings. The summed E-state index contributed by atoms with van der Waals surface area (Å²) in [4.78, 5) is 25.5. The van der Waals surface area contributed by atoms with Gasteiger partial charge in [-0.2, -0.15) is 0 Å². The summed E-state index contributed by atoms with van der Waals surface area (Å²) in [6, 6.07) is 7.99. The maximum Gasteiger partial charge on any atom is 0.323 e. The van der Waals surface area contributed by atoms with E-state index < -0.39 is 5.97 Å². The average molecular weight is 382 g/mol. The number of ether oxygens (including phenoxy) is 1. The number of benzene rings is 1. The fourth-order valence-corrected chi connectivity index (χ4v) is 3.55. The molecular weight excluding hydrogens is 362 g/mol. The van der Waals surface area contributed by atoms with E-state index in [9.17, 15) is 9.59 Å². The number of carbonyl (C=O) groups is 2. The molecule has 1 aliphatic carbocycles. The van der Waals surface area contributed by atoms with E-state index in [0.29, 0.717) is 26.1 Å². The van der Waals surface area contributed by atoms with Crippen molar-refractivity contribution in [1.29, 1.82) is 0 Å². The molecule has 1 aromatic carbocycles. The minimum atomic E-state index is -0.953. The third-order valence-corrected chi connectivity index (χ3v) is 5.15. The lowest BCUT2D eigenvalue weighted by Gasteiger charge is -2.33. The average Bonchev–Trinajstić information content (AvgIpc) is 3.34. The van der Waals surface area contributed by atoms with Gasteiger partial charge in [0.15, 0.2) is 0 Å². The Labute approximate surface area is 143 Å². The van der Waals surface area contributed by atoms with Crippen LogP contribution in [0.15, 0.2) is 28.7 Å². The number of rotatable bonds is 5. The van der Waals surface area contributed by atoms with Crippen LogP contribution >= 0.6 is 15.9 Å². The summed E-state index contributed by atoms with van der Waals surface area (Å²) in [5, 5.41) is 9.15. The van der Waals surface area contributed by atoms with Crippen LogP contribution in [0.3, 0.4) is 0 Å². The maximum atomic E-state index is 12.8. The molecule has 0 aromatic heterocycles. The van der Waals surface area contributed by atoms with Crippen molar-refractivity contribution in [2.24, 2.45) is 5.92 Å². The number of hydrogen-bond donors (Lipinski definition) is 1. The summed E-state index contributed by atoms with van der Waals surface area (Å²) in [5.74, 6) is -0.844. The first-order chi connectivity index (χ1) is 11.1. The molecule has 1 heterocycles. The molecule has 0 bridgehead atoms. The predicted molar refractivity (Wildman–Crippen MR) is 88.2 cm³/mol. The predicted octanol–water partition coefficient (Wildman–Crippen LogP) is 2.64. The molecule has 3 rings (SSSR count). The summed E-state index contributed by atoms with van der Waals surface area (Å²) in [7, 11) is 0. The molecule has 6 heteroatoms. The van der Waals surface area contributed by atoms with Gasteiger partial charge in [0.2, 0.25) is 5.91 Å². The van der Waals surface area contributed by atoms with Gasteiger partial charge in [-0.1, -0.05) is 28.1 Å². The van der Waals surface area contributed by atoms with Crippen LogP contribution in [-0.2, 0) is 14.3 Å². The molecule has 5 nitrogen and oxygen atoms in total. The molecule has 1 aromatic rings. The maximum absolute atomic E-state index is 12.8. The minimum absolute atomic E-state index is 0.0153. The van der Waals surface area contributed by atoms with Crippen LogP contribution in [0.1, 0.15) is 30.7 Å². The molecule has 2 atom stereocenters. The zero-order valence-corrected chi connectivity index (χ0v) is 14.4. The highest BCUT2D eigenvalue weighted by Gasteiger charge is 2.47. The van der Waals surface area contributed by atoms with Gasteiger partial charge < -0.3 is 14.7 Å². The second-order valence-electron chi connectivity index (χ2n) is 6.20. The van der Waals surface area contributed by atoms with Crippen LogP contribution < -0.4 is 0 Å². The third-order valence-electron chi connectivity index (χ3n) is 4.63. The lowest BCUT2D eigenvalue weighted by atomic mass is 10.0. The monoisotopic (exact) mass is 381 g/mol. The summed E-state index contributed by atoms with van der Waals surface area (Å²) >= 11 is 3.41. The van der Waals surface area contributed by atoms with Crippen molar-refractivity contribution in [3.05, 3.63) is 34.3 Å². The quantitative estimate of drug-likeness (QED) is 0.851. The van der Waals surface area contributed by atoms with Gasteiger partial charge in [0, 0.05) is 29.6 Å². The Balaban J connectivity index is 1.68. The Bertz CT molecular complexity index is 583. The Morgan fingerprint density at radius 3 is 2.48 bits per heavy atom. The molecule has 1 saturated carbocycles. The fourth-order valence-electron chi connectivity index (χ4n) is 3.29. The topological polar surface area (TPSA) is 66.8 Å². The summed E-state index contributed by atoms with van der Waals surface area (Å²) in [6.07, 6.45) is 2.24. The van der Waals surface area contributed by atoms with Gasteiger partial charge in [0.25, 0.3) is 0 Å². The van der Waals surface area contributed by atoms with Crippen molar-refractivity contribution in [2.45, 2.75) is 31.2 Å². The van der Waals surface area contributed by atoms with Gasteiger partial charge in [-0.05, 0) is 42.9 Å². The molecule has 0 radical (unpaired) electrons. The van der Waals surface area contributed by atoms with Gasteiger partial charge >= 0.3 is 5.97 Å². The number of carboxylic acid groups (broad SMARTS) is 1. The van der Waals surface area contributed by atoms with Crippen molar-refractivity contribution in [1.82, 2.24) is 4.90 Å². The standard InChI is InChI=1S/C17H20BrNO4/c18-12-3-1-11(2-4-12)14-9-15(14)17(22)19(10-16(20)21)13-5-7-23-8-6-13/h1-4,13-15H,5-10H2,(H,20,21)/t14-,15+/m1/s1. The second-order valence-corrected chi connectivity index (χ2v) is 7.12. The smallest absolute Gasteiger partial charge is 0.323 e. The first-order valence-electron chi connectivity index (χ1n) is 7.91. The number of carbonyl (C=O) groups excluding carboxylic acids is 1. The van der Waals surface area contributed by atoms with E-state index in [4.69, 9.17) is 9.84 Å². The summed E-state index contributed by atoms with van der Waals surface area (Å²) in [6.45, 7) is 0.969. The number of carboxylic acids is 1. The highest BCUT2D eigenvalue weighted by Crippen LogP contribution is 2.49. The molecule has 23 heavy (non-hydrogen) atoms. The molecular formula is C17H20BrNO4. The van der Waals surface area contributed by atoms with Gasteiger partial charge in [0.05, 0.1) is 0 Å². The van der Waals surface area contributed by atoms with E-state index >= 15 is 0 Å². The van der Waals surface area contributed by atoms with Gasteiger partial charge in [0.1, 0.15) is 6.54 Å². The summed E-state index contributed by atoms with van der Waals surface area (Å²) < 4.78 is 6.34. The van der Waals surface area contributed by atoms with Crippen LogP contribution in [0.5, 0.6) is 0 Å². The van der Waals surface area contributed by atoms with Crippen molar-refractivity contribution < 1.29 is 19.4 Å². The lowest BCUT2D eigenvalue weighted by Crippen LogP contribution is -2.46. The molecule has 1 aliphatic heterocycles. The highest BCUT2D eigenvalue weighted by molar-refractivity contribution is 9.10. The molecule has 1 amide bonds. The number of nitrogens with zero attached hydrogens (tertiary/aromatic N) is 1. The number of halogens is 1. The van der Waals surface area contributed by atoms with E-state index in [-0.39, 0.29) is 30.3 Å². The van der Waals surface area contributed by atoms with Crippen LogP contribution in [0, 0.1) is 5.92 Å². The molecule has 1 N–H and O–H groups in total. The van der Waals surface area contributed by atoms with Gasteiger partial charge in [-0.3, -0.25) is 9.59 Å². The number of amides is 1. The van der Waals surface area contributed by atoms with Crippen molar-refractivity contribution in [3.63, 3.8) is 0 Å². The van der Waals surface area contributed by atoms with E-state index in [0.717, 1.165) is 16.5 Å². The third kappa shape index (κ3) is 3.93. The SMILES string of the molecule is O=C(O)CN(C(=O)[C@H]1C[C@@H]1c1ccc(Br)cc1)C1CCOCC1. The Hall–Kier alpha value is -1.40. The van der Waals surface area contributed by atoms with Crippen LogP contribution in [0.2, 0.25) is 0 Å². The van der Waals surface area contributed by atoms with Crippen molar-refractivity contribution >= 4 is 27.8 Å². The van der Waals surface area contributed by atoms with E-state index in [2.05, 4.69) is 15.9 Å². The van der Waals surface area contributed by atoms with Crippen LogP contribution in [-0.4, -0.2) is 47.7 Å². The Kier molecular flexibility index (Phi) is 5.02. The fraction of sp³-hybridized carbons (Fsp3) is 0.529. The molecule has 124 valence electrons. The van der Waals surface area contributed by atoms with Crippen LogP contribution in [0.25, 0.3) is 0 Å². The first-order valence-corrected chi connectivity index (χ1v) is 8.71. The second kappa shape index (κ2) is 7.01. The van der Waals surface area contributed by atoms with Crippen molar-refractivity contribution in [2.75, 3.05) is 19.8 Å².